The standard InChI is InChI=1S/C31H32N4O5S/c1-24-12-14-25(15-13-24)20-22-34(23-21-30(36)33-38)41(39,40)29-18-16-26(17-19-29)32-31(37)35(27-8-4-2-5-9-27)28-10-6-3-7-11-28/h2-19,38H,20-23H2,1H3,(H,32,37)(H,33,36). The molecule has 0 aromatic heterocycles. The summed E-state index contributed by atoms with van der Waals surface area (Å²) in [6, 6.07) is 31.7. The summed E-state index contributed by atoms with van der Waals surface area (Å²) in [6.07, 6.45) is 0.246. The average molecular weight is 573 g/mol. The average Bonchev–Trinajstić information content (AvgIpc) is 2.99. The number of rotatable bonds is 11. The first-order chi connectivity index (χ1) is 19.8. The van der Waals surface area contributed by atoms with Gasteiger partial charge in [0.05, 0.1) is 16.3 Å². The Bertz CT molecular complexity index is 1510. The van der Waals surface area contributed by atoms with Crippen LogP contribution in [0.15, 0.2) is 114 Å². The zero-order valence-corrected chi connectivity index (χ0v) is 23.4. The molecule has 0 unspecified atom stereocenters. The third-order valence-electron chi connectivity index (χ3n) is 6.46. The minimum absolute atomic E-state index is 0.0202. The predicted molar refractivity (Wildman–Crippen MR) is 159 cm³/mol. The molecule has 0 atom stereocenters. The Morgan fingerprint density at radius 1 is 0.756 bits per heavy atom. The third kappa shape index (κ3) is 7.79. The van der Waals surface area contributed by atoms with E-state index in [1.807, 2.05) is 91.9 Å². The van der Waals surface area contributed by atoms with Gasteiger partial charge in [-0.15, -0.1) is 0 Å². The second-order valence-electron chi connectivity index (χ2n) is 9.39. The molecule has 0 saturated heterocycles. The van der Waals surface area contributed by atoms with Crippen LogP contribution in [0.5, 0.6) is 0 Å². The summed E-state index contributed by atoms with van der Waals surface area (Å²) in [6.45, 7) is 2.01. The third-order valence-corrected chi connectivity index (χ3v) is 8.37. The van der Waals surface area contributed by atoms with Gasteiger partial charge < -0.3 is 5.32 Å². The first-order valence-electron chi connectivity index (χ1n) is 13.1. The van der Waals surface area contributed by atoms with Crippen LogP contribution < -0.4 is 15.7 Å². The molecule has 4 rings (SSSR count). The maximum absolute atomic E-state index is 13.6. The van der Waals surface area contributed by atoms with Crippen LogP contribution in [0.4, 0.5) is 21.9 Å². The molecule has 0 spiro atoms. The molecule has 0 aliphatic carbocycles. The molecule has 0 aliphatic rings. The van der Waals surface area contributed by atoms with Crippen molar-refractivity contribution >= 4 is 39.0 Å². The molecule has 3 N–H and O–H groups in total. The number of nitrogens with zero attached hydrogens (tertiary/aromatic N) is 2. The van der Waals surface area contributed by atoms with E-state index in [1.165, 1.54) is 33.5 Å². The van der Waals surface area contributed by atoms with E-state index in [4.69, 9.17) is 5.21 Å². The Kier molecular flexibility index (Phi) is 9.86. The fraction of sp³-hybridized carbons (Fsp3) is 0.161. The molecule has 4 aromatic carbocycles. The minimum Gasteiger partial charge on any atom is -0.307 e. The molecular formula is C31H32N4O5S. The van der Waals surface area contributed by atoms with E-state index >= 15 is 0 Å². The van der Waals surface area contributed by atoms with Gasteiger partial charge in [0.25, 0.3) is 0 Å². The Morgan fingerprint density at radius 2 is 1.32 bits per heavy atom. The van der Waals surface area contributed by atoms with Gasteiger partial charge in [-0.25, -0.2) is 18.7 Å². The number of benzene rings is 4. The van der Waals surface area contributed by atoms with Crippen LogP contribution in [0.3, 0.4) is 0 Å². The molecule has 0 aliphatic heterocycles. The highest BCUT2D eigenvalue weighted by molar-refractivity contribution is 7.89. The van der Waals surface area contributed by atoms with E-state index in [-0.39, 0.29) is 24.4 Å². The van der Waals surface area contributed by atoms with Gasteiger partial charge in [-0.1, -0.05) is 66.2 Å². The summed E-state index contributed by atoms with van der Waals surface area (Å²) in [5, 5.41) is 11.7. The summed E-state index contributed by atoms with van der Waals surface area (Å²) in [5.74, 6) is -0.681. The molecule has 212 valence electrons. The summed E-state index contributed by atoms with van der Waals surface area (Å²) in [5.41, 5.74) is 5.36. The van der Waals surface area contributed by atoms with Gasteiger partial charge >= 0.3 is 6.03 Å². The van der Waals surface area contributed by atoms with Crippen molar-refractivity contribution in [3.05, 3.63) is 120 Å². The molecular weight excluding hydrogens is 540 g/mol. The van der Waals surface area contributed by atoms with Gasteiger partial charge in [0.2, 0.25) is 15.9 Å². The van der Waals surface area contributed by atoms with E-state index in [0.717, 1.165) is 11.1 Å². The highest BCUT2D eigenvalue weighted by Crippen LogP contribution is 2.27. The lowest BCUT2D eigenvalue weighted by molar-refractivity contribution is -0.129. The lowest BCUT2D eigenvalue weighted by Gasteiger charge is -2.24. The van der Waals surface area contributed by atoms with Gasteiger partial charge in [-0.3, -0.25) is 14.9 Å². The summed E-state index contributed by atoms with van der Waals surface area (Å²) < 4.78 is 28.3. The van der Waals surface area contributed by atoms with E-state index < -0.39 is 22.0 Å². The Hall–Kier alpha value is -4.51. The number of sulfonamides is 1. The van der Waals surface area contributed by atoms with Gasteiger partial charge in [-0.2, -0.15) is 4.31 Å². The maximum Gasteiger partial charge on any atom is 0.330 e. The lowest BCUT2D eigenvalue weighted by atomic mass is 10.1. The number of carbonyl (C=O) groups excluding carboxylic acids is 2. The van der Waals surface area contributed by atoms with Crippen molar-refractivity contribution in [3.8, 4) is 0 Å². The molecule has 0 heterocycles. The SMILES string of the molecule is Cc1ccc(CCN(CCC(=O)NO)S(=O)(=O)c2ccc(NC(=O)N(c3ccccc3)c3ccccc3)cc2)cc1. The topological polar surface area (TPSA) is 119 Å². The van der Waals surface area contributed by atoms with E-state index in [1.54, 1.807) is 5.48 Å². The van der Waals surface area contributed by atoms with Crippen LogP contribution in [0.1, 0.15) is 17.5 Å². The smallest absolute Gasteiger partial charge is 0.307 e. The van der Waals surface area contributed by atoms with Gasteiger partial charge in [0.15, 0.2) is 0 Å². The molecule has 0 fully saturated rings. The first kappa shape index (κ1) is 29.5. The van der Waals surface area contributed by atoms with Crippen molar-refractivity contribution in [3.63, 3.8) is 0 Å². The fourth-order valence-electron chi connectivity index (χ4n) is 4.22. The van der Waals surface area contributed by atoms with Crippen molar-refractivity contribution in [1.82, 2.24) is 9.79 Å². The van der Waals surface area contributed by atoms with Crippen molar-refractivity contribution in [2.45, 2.75) is 24.7 Å². The van der Waals surface area contributed by atoms with Gasteiger partial charge in [0, 0.05) is 25.2 Å². The summed E-state index contributed by atoms with van der Waals surface area (Å²) >= 11 is 0. The van der Waals surface area contributed by atoms with Crippen LogP contribution in [0.2, 0.25) is 0 Å². The van der Waals surface area contributed by atoms with Crippen molar-refractivity contribution in [1.29, 1.82) is 0 Å². The highest BCUT2D eigenvalue weighted by Gasteiger charge is 2.25. The molecule has 41 heavy (non-hydrogen) atoms. The monoisotopic (exact) mass is 572 g/mol. The molecule has 9 nitrogen and oxygen atoms in total. The maximum atomic E-state index is 13.6. The Morgan fingerprint density at radius 3 is 1.85 bits per heavy atom. The summed E-state index contributed by atoms with van der Waals surface area (Å²) in [7, 11) is -3.98. The van der Waals surface area contributed by atoms with E-state index in [2.05, 4.69) is 5.32 Å². The number of para-hydroxylation sites is 2. The van der Waals surface area contributed by atoms with Crippen LogP contribution in [-0.2, 0) is 21.2 Å². The minimum atomic E-state index is -3.98. The number of urea groups is 1. The number of amides is 3. The fourth-order valence-corrected chi connectivity index (χ4v) is 5.66. The second-order valence-corrected chi connectivity index (χ2v) is 11.3. The van der Waals surface area contributed by atoms with Crippen LogP contribution >= 0.6 is 0 Å². The van der Waals surface area contributed by atoms with Gasteiger partial charge in [-0.05, 0) is 67.4 Å². The van der Waals surface area contributed by atoms with Crippen LogP contribution in [0, 0.1) is 6.92 Å². The Balaban J connectivity index is 1.52. The first-order valence-corrected chi connectivity index (χ1v) is 14.5. The van der Waals surface area contributed by atoms with Crippen molar-refractivity contribution in [2.24, 2.45) is 0 Å². The number of nitrogens with one attached hydrogen (secondary N) is 2. The van der Waals surface area contributed by atoms with Crippen LogP contribution in [-0.4, -0.2) is 43.0 Å². The largest absolute Gasteiger partial charge is 0.330 e. The molecule has 3 amide bonds. The molecule has 0 radical (unpaired) electrons. The number of anilines is 3. The Labute approximate surface area is 240 Å². The number of aryl methyl sites for hydroxylation is 1. The molecule has 0 bridgehead atoms. The highest BCUT2D eigenvalue weighted by atomic mass is 32.2. The number of hydroxylamine groups is 1. The second kappa shape index (κ2) is 13.7. The van der Waals surface area contributed by atoms with Crippen molar-refractivity contribution in [2.75, 3.05) is 23.3 Å². The van der Waals surface area contributed by atoms with Crippen molar-refractivity contribution < 1.29 is 23.2 Å². The van der Waals surface area contributed by atoms with E-state index in [0.29, 0.717) is 23.5 Å². The molecule has 10 heteroatoms. The molecule has 0 saturated carbocycles. The number of hydrogen-bond donors (Lipinski definition) is 3. The lowest BCUT2D eigenvalue weighted by Crippen LogP contribution is -2.36. The molecule has 4 aromatic rings. The quantitative estimate of drug-likeness (QED) is 0.162. The summed E-state index contributed by atoms with van der Waals surface area (Å²) in [4.78, 5) is 26.6. The normalized spacial score (nSPS) is 11.2. The van der Waals surface area contributed by atoms with Crippen LogP contribution in [0.25, 0.3) is 0 Å². The number of hydrogen-bond acceptors (Lipinski definition) is 5. The zero-order chi connectivity index (χ0) is 29.2. The predicted octanol–water partition coefficient (Wildman–Crippen LogP) is 5.49. The van der Waals surface area contributed by atoms with E-state index in [9.17, 15) is 18.0 Å². The van der Waals surface area contributed by atoms with Gasteiger partial charge in [0.1, 0.15) is 0 Å². The zero-order valence-electron chi connectivity index (χ0n) is 22.6. The number of carbonyl (C=O) groups is 2.